The first-order valence-corrected chi connectivity index (χ1v) is 9.52. The van der Waals surface area contributed by atoms with Crippen LogP contribution < -0.4 is 0 Å². The lowest BCUT2D eigenvalue weighted by molar-refractivity contribution is -0.154. The van der Waals surface area contributed by atoms with Gasteiger partial charge in [0.15, 0.2) is 5.16 Å². The first-order valence-electron chi connectivity index (χ1n) is 8.71. The first kappa shape index (κ1) is 20.3. The normalized spacial score (nSPS) is 15.5. The van der Waals surface area contributed by atoms with Crippen molar-refractivity contribution in [3.63, 3.8) is 0 Å². The number of carboxylic acids is 2. The Bertz CT molecular complexity index is 761. The zero-order valence-electron chi connectivity index (χ0n) is 15.7. The van der Waals surface area contributed by atoms with Crippen molar-refractivity contribution in [3.05, 3.63) is 24.3 Å². The van der Waals surface area contributed by atoms with Gasteiger partial charge in [-0.1, -0.05) is 51.6 Å². The fraction of sp³-hybridized carbons (Fsp3) is 0.526. The van der Waals surface area contributed by atoms with Gasteiger partial charge in [0, 0.05) is 0 Å². The van der Waals surface area contributed by atoms with Gasteiger partial charge in [-0.05, 0) is 36.8 Å². The Balaban J connectivity index is 2.64. The molecule has 0 saturated carbocycles. The molecule has 3 N–H and O–H groups in total. The van der Waals surface area contributed by atoms with Gasteiger partial charge in [0.1, 0.15) is 4.75 Å². The fourth-order valence-corrected chi connectivity index (χ4v) is 5.57. The standard InChI is InChI=1S/C19H26N2O4S/c1-10(2)15(11(3)4)19(17(24)25,12(5)16(22)23)26-18-20-13-8-6-7-9-14(13)21-18/h6-12,15H,1-5H3,(H,20,21)(H,22,23)(H,24,25). The third-order valence-corrected chi connectivity index (χ3v) is 6.44. The Labute approximate surface area is 157 Å². The molecule has 0 saturated heterocycles. The highest BCUT2D eigenvalue weighted by Gasteiger charge is 2.56. The van der Waals surface area contributed by atoms with E-state index in [0.717, 1.165) is 22.8 Å². The van der Waals surface area contributed by atoms with E-state index in [2.05, 4.69) is 9.97 Å². The van der Waals surface area contributed by atoms with E-state index in [1.807, 2.05) is 52.0 Å². The number of aliphatic carboxylic acids is 2. The number of rotatable bonds is 8. The summed E-state index contributed by atoms with van der Waals surface area (Å²) in [5.74, 6) is -3.71. The lowest BCUT2D eigenvalue weighted by atomic mass is 9.70. The van der Waals surface area contributed by atoms with E-state index in [1.54, 1.807) is 0 Å². The topological polar surface area (TPSA) is 103 Å². The molecular weight excluding hydrogens is 352 g/mol. The minimum absolute atomic E-state index is 0.00946. The molecule has 0 aliphatic heterocycles. The molecule has 2 rings (SSSR count). The monoisotopic (exact) mass is 378 g/mol. The summed E-state index contributed by atoms with van der Waals surface area (Å²) in [6.07, 6.45) is 0. The van der Waals surface area contributed by atoms with Crippen molar-refractivity contribution in [2.45, 2.75) is 44.5 Å². The van der Waals surface area contributed by atoms with Crippen LogP contribution in [0.3, 0.4) is 0 Å². The molecule has 2 atom stereocenters. The number of nitrogens with one attached hydrogen (secondary N) is 1. The molecule has 0 spiro atoms. The van der Waals surface area contributed by atoms with Crippen LogP contribution in [-0.2, 0) is 9.59 Å². The van der Waals surface area contributed by atoms with E-state index < -0.39 is 22.6 Å². The van der Waals surface area contributed by atoms with E-state index in [0.29, 0.717) is 5.16 Å². The van der Waals surface area contributed by atoms with Crippen LogP contribution in [0.25, 0.3) is 11.0 Å². The molecular formula is C19H26N2O4S. The number of hydrogen-bond acceptors (Lipinski definition) is 4. The number of carbonyl (C=O) groups is 2. The van der Waals surface area contributed by atoms with Crippen LogP contribution >= 0.6 is 11.8 Å². The summed E-state index contributed by atoms with van der Waals surface area (Å²) in [6.45, 7) is 9.24. The lowest BCUT2D eigenvalue weighted by Crippen LogP contribution is -2.54. The van der Waals surface area contributed by atoms with Crippen molar-refractivity contribution in [1.29, 1.82) is 0 Å². The molecule has 1 heterocycles. The number of carboxylic acid groups (broad SMARTS) is 2. The molecule has 0 aliphatic rings. The Morgan fingerprint density at radius 2 is 1.65 bits per heavy atom. The largest absolute Gasteiger partial charge is 0.481 e. The van der Waals surface area contributed by atoms with E-state index >= 15 is 0 Å². The molecule has 6 nitrogen and oxygen atoms in total. The quantitative estimate of drug-likeness (QED) is 0.597. The van der Waals surface area contributed by atoms with E-state index in [4.69, 9.17) is 0 Å². The Kier molecular flexibility index (Phi) is 6.01. The molecule has 26 heavy (non-hydrogen) atoms. The smallest absolute Gasteiger partial charge is 0.321 e. The average Bonchev–Trinajstić information content (AvgIpc) is 2.94. The van der Waals surface area contributed by atoms with Gasteiger partial charge in [0.05, 0.1) is 17.0 Å². The molecule has 0 bridgehead atoms. The third kappa shape index (κ3) is 3.58. The number of fused-ring (bicyclic) bond motifs is 1. The van der Waals surface area contributed by atoms with Crippen molar-refractivity contribution < 1.29 is 19.8 Å². The van der Waals surface area contributed by atoms with Crippen LogP contribution in [0.15, 0.2) is 29.4 Å². The number of thioether (sulfide) groups is 1. The average molecular weight is 378 g/mol. The van der Waals surface area contributed by atoms with Crippen molar-refractivity contribution in [2.75, 3.05) is 0 Å². The molecule has 0 aliphatic carbocycles. The molecule has 2 aromatic rings. The number of hydrogen-bond donors (Lipinski definition) is 3. The maximum absolute atomic E-state index is 12.5. The van der Waals surface area contributed by atoms with Crippen molar-refractivity contribution in [1.82, 2.24) is 9.97 Å². The molecule has 2 unspecified atom stereocenters. The first-order chi connectivity index (χ1) is 12.1. The van der Waals surface area contributed by atoms with Gasteiger partial charge in [-0.2, -0.15) is 0 Å². The SMILES string of the molecule is CC(C)C(C(C)C)C(Sc1nc2ccccc2[nH]1)(C(=O)O)C(C)C(=O)O. The van der Waals surface area contributed by atoms with Gasteiger partial charge in [0.25, 0.3) is 0 Å². The number of benzene rings is 1. The molecule has 1 aromatic heterocycles. The highest BCUT2D eigenvalue weighted by molar-refractivity contribution is 8.01. The molecule has 1 aromatic carbocycles. The summed E-state index contributed by atoms with van der Waals surface area (Å²) in [7, 11) is 0. The predicted octanol–water partition coefficient (Wildman–Crippen LogP) is 4.13. The Hall–Kier alpha value is -2.02. The van der Waals surface area contributed by atoms with Crippen LogP contribution in [-0.4, -0.2) is 36.9 Å². The van der Waals surface area contributed by atoms with Crippen LogP contribution in [0.4, 0.5) is 0 Å². The Morgan fingerprint density at radius 3 is 2.12 bits per heavy atom. The number of para-hydroxylation sites is 2. The second kappa shape index (κ2) is 7.70. The summed E-state index contributed by atoms with van der Waals surface area (Å²) < 4.78 is -1.54. The van der Waals surface area contributed by atoms with E-state index in [1.165, 1.54) is 6.92 Å². The minimum atomic E-state index is -1.54. The number of nitrogens with zero attached hydrogens (tertiary/aromatic N) is 1. The van der Waals surface area contributed by atoms with Crippen molar-refractivity contribution in [2.24, 2.45) is 23.7 Å². The highest BCUT2D eigenvalue weighted by atomic mass is 32.2. The van der Waals surface area contributed by atoms with Crippen molar-refractivity contribution >= 4 is 34.7 Å². The summed E-state index contributed by atoms with van der Waals surface area (Å²) in [5.41, 5.74) is 1.52. The predicted molar refractivity (Wildman–Crippen MR) is 102 cm³/mol. The molecule has 7 heteroatoms. The van der Waals surface area contributed by atoms with Crippen LogP contribution in [0, 0.1) is 23.7 Å². The van der Waals surface area contributed by atoms with Crippen molar-refractivity contribution in [3.8, 4) is 0 Å². The van der Waals surface area contributed by atoms with Gasteiger partial charge < -0.3 is 15.2 Å². The zero-order valence-corrected chi connectivity index (χ0v) is 16.5. The van der Waals surface area contributed by atoms with Gasteiger partial charge in [0.2, 0.25) is 0 Å². The molecule has 0 fully saturated rings. The summed E-state index contributed by atoms with van der Waals surface area (Å²) in [5, 5.41) is 20.3. The number of aromatic nitrogens is 2. The van der Waals surface area contributed by atoms with Gasteiger partial charge in [-0.3, -0.25) is 9.59 Å². The van der Waals surface area contributed by atoms with Gasteiger partial charge in [-0.15, -0.1) is 0 Å². The van der Waals surface area contributed by atoms with Gasteiger partial charge in [-0.25, -0.2) is 4.98 Å². The maximum atomic E-state index is 12.5. The summed E-state index contributed by atoms with van der Waals surface area (Å²) in [4.78, 5) is 32.0. The van der Waals surface area contributed by atoms with Gasteiger partial charge >= 0.3 is 11.9 Å². The summed E-state index contributed by atoms with van der Waals surface area (Å²) >= 11 is 1.02. The van der Waals surface area contributed by atoms with E-state index in [-0.39, 0.29) is 17.8 Å². The second-order valence-electron chi connectivity index (χ2n) is 7.33. The van der Waals surface area contributed by atoms with Crippen LogP contribution in [0.1, 0.15) is 34.6 Å². The highest BCUT2D eigenvalue weighted by Crippen LogP contribution is 2.49. The minimum Gasteiger partial charge on any atom is -0.481 e. The van der Waals surface area contributed by atoms with Crippen LogP contribution in [0.5, 0.6) is 0 Å². The second-order valence-corrected chi connectivity index (χ2v) is 8.60. The summed E-state index contributed by atoms with van der Waals surface area (Å²) in [6, 6.07) is 7.41. The molecule has 0 amide bonds. The number of aromatic amines is 1. The fourth-order valence-electron chi connectivity index (χ4n) is 3.90. The van der Waals surface area contributed by atoms with Crippen LogP contribution in [0.2, 0.25) is 0 Å². The number of imidazole rings is 1. The maximum Gasteiger partial charge on any atom is 0.321 e. The molecule has 0 radical (unpaired) electrons. The molecule has 142 valence electrons. The Morgan fingerprint density at radius 1 is 1.08 bits per heavy atom. The number of H-pyrrole nitrogens is 1. The van der Waals surface area contributed by atoms with E-state index in [9.17, 15) is 19.8 Å². The third-order valence-electron chi connectivity index (χ3n) is 4.91. The lowest BCUT2D eigenvalue weighted by Gasteiger charge is -2.43. The zero-order chi connectivity index (χ0) is 19.6.